The summed E-state index contributed by atoms with van der Waals surface area (Å²) in [7, 11) is 0. The normalized spacial score (nSPS) is 11.2. The third-order valence-electron chi connectivity index (χ3n) is 2.03. The third kappa shape index (κ3) is 2.45. The highest BCUT2D eigenvalue weighted by molar-refractivity contribution is 6.30. The van der Waals surface area contributed by atoms with Crippen molar-refractivity contribution in [2.24, 2.45) is 0 Å². The number of aromatic nitrogens is 2. The van der Waals surface area contributed by atoms with E-state index in [1.807, 2.05) is 0 Å². The van der Waals surface area contributed by atoms with Crippen molar-refractivity contribution in [2.75, 3.05) is 6.61 Å². The van der Waals surface area contributed by atoms with E-state index >= 15 is 0 Å². The molecule has 0 N–H and O–H groups in total. The monoisotopic (exact) mass is 228 g/mol. The molecule has 4 nitrogen and oxygen atoms in total. The minimum atomic E-state index is -0.874. The van der Waals surface area contributed by atoms with Gasteiger partial charge in [-0.2, -0.15) is 0 Å². The van der Waals surface area contributed by atoms with Crippen LogP contribution in [0.5, 0.6) is 0 Å². The van der Waals surface area contributed by atoms with Crippen LogP contribution in [0.4, 0.5) is 0 Å². The molecule has 1 heterocycles. The number of hydrogen-bond acceptors (Lipinski definition) is 4. The Kier molecular flexibility index (Phi) is 3.63. The maximum Gasteiger partial charge on any atom is 0.317 e. The van der Waals surface area contributed by atoms with Crippen LogP contribution in [0.1, 0.15) is 26.5 Å². The second-order valence-electron chi connectivity index (χ2n) is 3.54. The lowest BCUT2D eigenvalue weighted by Gasteiger charge is -2.21. The zero-order valence-electron chi connectivity index (χ0n) is 8.95. The lowest BCUT2D eigenvalue weighted by Crippen LogP contribution is -2.32. The molecule has 1 aromatic rings. The molecule has 0 aliphatic rings. The minimum absolute atomic E-state index is 0.232. The summed E-state index contributed by atoms with van der Waals surface area (Å²) >= 11 is 5.87. The fourth-order valence-corrected chi connectivity index (χ4v) is 1.49. The Labute approximate surface area is 93.6 Å². The van der Waals surface area contributed by atoms with Gasteiger partial charge in [-0.1, -0.05) is 11.6 Å². The van der Waals surface area contributed by atoms with Gasteiger partial charge in [-0.15, -0.1) is 0 Å². The summed E-state index contributed by atoms with van der Waals surface area (Å²) in [6, 6.07) is 0. The number of carbonyl (C=O) groups excluding carboxylic acids is 1. The maximum atomic E-state index is 11.7. The van der Waals surface area contributed by atoms with Gasteiger partial charge in [-0.05, 0) is 20.8 Å². The average molecular weight is 229 g/mol. The molecule has 0 atom stereocenters. The molecule has 0 saturated carbocycles. The smallest absolute Gasteiger partial charge is 0.317 e. The van der Waals surface area contributed by atoms with Crippen molar-refractivity contribution in [3.05, 3.63) is 23.2 Å². The van der Waals surface area contributed by atoms with Gasteiger partial charge in [0, 0.05) is 12.4 Å². The van der Waals surface area contributed by atoms with Crippen molar-refractivity contribution in [1.82, 2.24) is 9.97 Å². The number of nitrogens with zero attached hydrogens (tertiary/aromatic N) is 2. The molecule has 0 aliphatic heterocycles. The lowest BCUT2D eigenvalue weighted by atomic mass is 9.90. The third-order valence-corrected chi connectivity index (χ3v) is 2.31. The Morgan fingerprint density at radius 3 is 2.60 bits per heavy atom. The van der Waals surface area contributed by atoms with Crippen molar-refractivity contribution >= 4 is 17.6 Å². The van der Waals surface area contributed by atoms with E-state index in [1.165, 1.54) is 12.4 Å². The molecule has 15 heavy (non-hydrogen) atoms. The van der Waals surface area contributed by atoms with Crippen molar-refractivity contribution in [3.8, 4) is 0 Å². The summed E-state index contributed by atoms with van der Waals surface area (Å²) in [4.78, 5) is 19.6. The fraction of sp³-hybridized carbons (Fsp3) is 0.500. The second kappa shape index (κ2) is 4.57. The Bertz CT molecular complexity index is 366. The Morgan fingerprint density at radius 1 is 1.47 bits per heavy atom. The molecule has 5 heteroatoms. The summed E-state index contributed by atoms with van der Waals surface area (Å²) in [5, 5.41) is 0.232. The van der Waals surface area contributed by atoms with Crippen LogP contribution in [0.25, 0.3) is 0 Å². The number of carbonyl (C=O) groups is 1. The highest BCUT2D eigenvalue weighted by Crippen LogP contribution is 2.27. The van der Waals surface area contributed by atoms with Crippen molar-refractivity contribution in [3.63, 3.8) is 0 Å². The zero-order chi connectivity index (χ0) is 11.5. The zero-order valence-corrected chi connectivity index (χ0v) is 9.71. The summed E-state index contributed by atoms with van der Waals surface area (Å²) in [6.07, 6.45) is 2.98. The topological polar surface area (TPSA) is 52.1 Å². The second-order valence-corrected chi connectivity index (χ2v) is 3.90. The molecular formula is C10H13ClN2O2. The van der Waals surface area contributed by atoms with Crippen LogP contribution in [-0.4, -0.2) is 22.5 Å². The van der Waals surface area contributed by atoms with Crippen molar-refractivity contribution < 1.29 is 9.53 Å². The van der Waals surface area contributed by atoms with Gasteiger partial charge in [0.2, 0.25) is 0 Å². The first kappa shape index (κ1) is 11.9. The first-order valence-corrected chi connectivity index (χ1v) is 5.02. The van der Waals surface area contributed by atoms with Gasteiger partial charge in [0.15, 0.2) is 5.15 Å². The highest BCUT2D eigenvalue weighted by Gasteiger charge is 2.35. The van der Waals surface area contributed by atoms with Gasteiger partial charge >= 0.3 is 5.97 Å². The molecule has 1 rings (SSSR count). The van der Waals surface area contributed by atoms with Crippen molar-refractivity contribution in [1.29, 1.82) is 0 Å². The van der Waals surface area contributed by atoms with Gasteiger partial charge in [0.1, 0.15) is 5.41 Å². The summed E-state index contributed by atoms with van der Waals surface area (Å²) in [5.74, 6) is -0.354. The highest BCUT2D eigenvalue weighted by atomic mass is 35.5. The number of esters is 1. The van der Waals surface area contributed by atoms with Gasteiger partial charge in [-0.25, -0.2) is 4.98 Å². The Balaban J connectivity index is 3.05. The molecular weight excluding hydrogens is 216 g/mol. The fourth-order valence-electron chi connectivity index (χ4n) is 1.15. The molecule has 0 saturated heterocycles. The maximum absolute atomic E-state index is 11.7. The minimum Gasteiger partial charge on any atom is -0.465 e. The van der Waals surface area contributed by atoms with Crippen LogP contribution < -0.4 is 0 Å². The van der Waals surface area contributed by atoms with Crippen molar-refractivity contribution in [2.45, 2.75) is 26.2 Å². The van der Waals surface area contributed by atoms with E-state index in [4.69, 9.17) is 16.3 Å². The van der Waals surface area contributed by atoms with E-state index < -0.39 is 5.41 Å². The van der Waals surface area contributed by atoms with Gasteiger partial charge < -0.3 is 4.74 Å². The average Bonchev–Trinajstić information content (AvgIpc) is 2.18. The number of rotatable bonds is 3. The molecule has 0 radical (unpaired) electrons. The molecule has 82 valence electrons. The standard InChI is InChI=1S/C10H13ClN2O2/c1-4-15-9(14)10(2,3)7-8(11)13-6-5-12-7/h5-6H,4H2,1-3H3. The Hall–Kier alpha value is -1.16. The molecule has 0 unspecified atom stereocenters. The quantitative estimate of drug-likeness (QED) is 0.743. The SMILES string of the molecule is CCOC(=O)C(C)(C)c1nccnc1Cl. The van der Waals surface area contributed by atoms with Gasteiger partial charge in [0.25, 0.3) is 0 Å². The molecule has 0 aromatic carbocycles. The molecule has 0 bridgehead atoms. The predicted octanol–water partition coefficient (Wildman–Crippen LogP) is 1.97. The lowest BCUT2D eigenvalue weighted by molar-refractivity contribution is -0.148. The van der Waals surface area contributed by atoms with Crippen LogP contribution >= 0.6 is 11.6 Å². The van der Waals surface area contributed by atoms with E-state index in [0.29, 0.717) is 12.3 Å². The summed E-state index contributed by atoms with van der Waals surface area (Å²) in [5.41, 5.74) is -0.438. The molecule has 1 aromatic heterocycles. The summed E-state index contributed by atoms with van der Waals surface area (Å²) < 4.78 is 4.95. The number of halogens is 1. The van der Waals surface area contributed by atoms with Crippen LogP contribution in [0.2, 0.25) is 5.15 Å². The molecule has 0 aliphatic carbocycles. The molecule has 0 spiro atoms. The first-order chi connectivity index (χ1) is 7.00. The Morgan fingerprint density at radius 2 is 2.07 bits per heavy atom. The number of ether oxygens (including phenoxy) is 1. The number of hydrogen-bond donors (Lipinski definition) is 0. The van der Waals surface area contributed by atoms with E-state index in [2.05, 4.69) is 9.97 Å². The predicted molar refractivity (Wildman–Crippen MR) is 56.7 cm³/mol. The summed E-state index contributed by atoms with van der Waals surface area (Å²) in [6.45, 7) is 5.51. The first-order valence-electron chi connectivity index (χ1n) is 4.64. The molecule has 0 amide bonds. The van der Waals surface area contributed by atoms with Gasteiger partial charge in [0.05, 0.1) is 12.3 Å². The van der Waals surface area contributed by atoms with E-state index in [9.17, 15) is 4.79 Å². The van der Waals surface area contributed by atoms with E-state index in [-0.39, 0.29) is 11.1 Å². The van der Waals surface area contributed by atoms with Crippen LogP contribution in [0.3, 0.4) is 0 Å². The molecule has 0 fully saturated rings. The van der Waals surface area contributed by atoms with Gasteiger partial charge in [-0.3, -0.25) is 9.78 Å². The van der Waals surface area contributed by atoms with Crippen LogP contribution in [0, 0.1) is 0 Å². The van der Waals surface area contributed by atoms with E-state index in [1.54, 1.807) is 20.8 Å². The largest absolute Gasteiger partial charge is 0.465 e. The van der Waals surface area contributed by atoms with Crippen LogP contribution in [0.15, 0.2) is 12.4 Å². The van der Waals surface area contributed by atoms with E-state index in [0.717, 1.165) is 0 Å². The van der Waals surface area contributed by atoms with Crippen LogP contribution in [-0.2, 0) is 14.9 Å².